The lowest BCUT2D eigenvalue weighted by Gasteiger charge is -2.06. The van der Waals surface area contributed by atoms with E-state index in [1.165, 1.54) is 32.6 Å². The second-order valence-electron chi connectivity index (χ2n) is 6.96. The fourth-order valence-corrected chi connectivity index (χ4v) is 4.71. The highest BCUT2D eigenvalue weighted by atomic mass is 79.9. The maximum atomic E-state index is 10.6. The Morgan fingerprint density at radius 2 is 1.52 bits per heavy atom. The van der Waals surface area contributed by atoms with E-state index in [4.69, 9.17) is 0 Å². The molecule has 2 heterocycles. The maximum absolute atomic E-state index is 10.6. The van der Waals surface area contributed by atoms with Gasteiger partial charge in [0.2, 0.25) is 0 Å². The Balaban J connectivity index is 1.88. The Labute approximate surface area is 163 Å². The van der Waals surface area contributed by atoms with Gasteiger partial charge in [-0.15, -0.1) is 0 Å². The molecule has 0 aliphatic rings. The van der Waals surface area contributed by atoms with E-state index in [-0.39, 0.29) is 5.75 Å². The minimum Gasteiger partial charge on any atom is -0.507 e. The van der Waals surface area contributed by atoms with Gasteiger partial charge in [0.25, 0.3) is 0 Å². The SMILES string of the molecule is Oc1cc(Br)ccc1-c1cn2c3ccccc3c3c4ccccc4cc1c32. The molecule has 3 heteroatoms. The summed E-state index contributed by atoms with van der Waals surface area (Å²) in [6, 6.07) is 25.0. The summed E-state index contributed by atoms with van der Waals surface area (Å²) in [7, 11) is 0. The Morgan fingerprint density at radius 1 is 0.741 bits per heavy atom. The van der Waals surface area contributed by atoms with E-state index in [2.05, 4.69) is 81.1 Å². The molecular weight excluding hydrogens is 398 g/mol. The summed E-state index contributed by atoms with van der Waals surface area (Å²) in [5, 5.41) is 16.8. The van der Waals surface area contributed by atoms with Crippen LogP contribution < -0.4 is 0 Å². The number of hydrogen-bond acceptors (Lipinski definition) is 1. The molecule has 1 N–H and O–H groups in total. The number of hydrogen-bond donors (Lipinski definition) is 1. The van der Waals surface area contributed by atoms with Gasteiger partial charge in [0.15, 0.2) is 0 Å². The van der Waals surface area contributed by atoms with Gasteiger partial charge < -0.3 is 9.51 Å². The Bertz CT molecular complexity index is 1480. The van der Waals surface area contributed by atoms with E-state index in [1.54, 1.807) is 6.07 Å². The molecule has 0 spiro atoms. The fraction of sp³-hybridized carbons (Fsp3) is 0. The van der Waals surface area contributed by atoms with Gasteiger partial charge in [0.1, 0.15) is 5.75 Å². The van der Waals surface area contributed by atoms with E-state index >= 15 is 0 Å². The molecule has 0 aliphatic heterocycles. The predicted molar refractivity (Wildman–Crippen MR) is 116 cm³/mol. The number of para-hydroxylation sites is 1. The first kappa shape index (κ1) is 15.1. The maximum Gasteiger partial charge on any atom is 0.124 e. The first-order valence-electron chi connectivity index (χ1n) is 8.88. The monoisotopic (exact) mass is 411 g/mol. The summed E-state index contributed by atoms with van der Waals surface area (Å²) in [6.07, 6.45) is 2.15. The van der Waals surface area contributed by atoms with Crippen LogP contribution in [0, 0.1) is 0 Å². The Morgan fingerprint density at radius 3 is 2.37 bits per heavy atom. The third-order valence-corrected chi connectivity index (χ3v) is 5.99. The molecule has 0 aliphatic carbocycles. The van der Waals surface area contributed by atoms with Crippen molar-refractivity contribution in [3.63, 3.8) is 0 Å². The van der Waals surface area contributed by atoms with Crippen LogP contribution in [0.25, 0.3) is 49.1 Å². The second-order valence-corrected chi connectivity index (χ2v) is 7.88. The number of benzene rings is 4. The summed E-state index contributed by atoms with van der Waals surface area (Å²) in [4.78, 5) is 0. The lowest BCUT2D eigenvalue weighted by Crippen LogP contribution is -1.80. The van der Waals surface area contributed by atoms with Gasteiger partial charge >= 0.3 is 0 Å². The van der Waals surface area contributed by atoms with E-state index in [9.17, 15) is 5.11 Å². The van der Waals surface area contributed by atoms with Crippen LogP contribution in [0.5, 0.6) is 5.75 Å². The van der Waals surface area contributed by atoms with Crippen molar-refractivity contribution in [1.29, 1.82) is 0 Å². The van der Waals surface area contributed by atoms with Crippen LogP contribution in [0.3, 0.4) is 0 Å². The van der Waals surface area contributed by atoms with Gasteiger partial charge in [0.05, 0.1) is 11.0 Å². The van der Waals surface area contributed by atoms with Crippen LogP contribution in [-0.4, -0.2) is 9.51 Å². The summed E-state index contributed by atoms with van der Waals surface area (Å²) in [5.41, 5.74) is 4.31. The van der Waals surface area contributed by atoms with Crippen LogP contribution in [0.2, 0.25) is 0 Å². The average Bonchev–Trinajstić information content (AvgIpc) is 3.21. The van der Waals surface area contributed by atoms with Crippen LogP contribution in [-0.2, 0) is 0 Å². The van der Waals surface area contributed by atoms with E-state index in [1.807, 2.05) is 12.1 Å². The van der Waals surface area contributed by atoms with Crippen molar-refractivity contribution >= 4 is 53.9 Å². The minimum absolute atomic E-state index is 0.284. The third-order valence-electron chi connectivity index (χ3n) is 5.49. The molecule has 0 saturated heterocycles. The van der Waals surface area contributed by atoms with Crippen molar-refractivity contribution in [2.45, 2.75) is 0 Å². The number of fused-ring (bicyclic) bond motifs is 5. The summed E-state index contributed by atoms with van der Waals surface area (Å²) in [5.74, 6) is 0.284. The van der Waals surface area contributed by atoms with Crippen molar-refractivity contribution in [1.82, 2.24) is 4.40 Å². The van der Waals surface area contributed by atoms with Crippen molar-refractivity contribution in [2.24, 2.45) is 0 Å². The molecule has 2 nitrogen and oxygen atoms in total. The van der Waals surface area contributed by atoms with Gasteiger partial charge in [-0.3, -0.25) is 0 Å². The number of phenolic OH excluding ortho intramolecular Hbond substituents is 1. The predicted octanol–water partition coefficient (Wildman–Crippen LogP) is 6.97. The third kappa shape index (κ3) is 1.95. The molecule has 128 valence electrons. The van der Waals surface area contributed by atoms with Gasteiger partial charge in [-0.25, -0.2) is 0 Å². The number of aromatic hydroxyl groups is 1. The molecule has 0 saturated carbocycles. The van der Waals surface area contributed by atoms with Gasteiger partial charge in [0, 0.05) is 38.0 Å². The zero-order valence-corrected chi connectivity index (χ0v) is 15.9. The second kappa shape index (κ2) is 5.24. The molecule has 6 aromatic rings. The molecule has 0 atom stereocenters. The van der Waals surface area contributed by atoms with Crippen LogP contribution in [0.4, 0.5) is 0 Å². The number of nitrogens with zero attached hydrogens (tertiary/aromatic N) is 1. The molecule has 2 aromatic heterocycles. The average molecular weight is 412 g/mol. The lowest BCUT2D eigenvalue weighted by molar-refractivity contribution is 0.477. The van der Waals surface area contributed by atoms with Crippen LogP contribution in [0.15, 0.2) is 83.5 Å². The van der Waals surface area contributed by atoms with Crippen molar-refractivity contribution in [3.8, 4) is 16.9 Å². The largest absolute Gasteiger partial charge is 0.507 e. The molecule has 0 unspecified atom stereocenters. The molecule has 4 aromatic carbocycles. The van der Waals surface area contributed by atoms with Gasteiger partial charge in [-0.2, -0.15) is 0 Å². The summed E-state index contributed by atoms with van der Waals surface area (Å²) in [6.45, 7) is 0. The van der Waals surface area contributed by atoms with Crippen LogP contribution in [0.1, 0.15) is 0 Å². The molecule has 0 radical (unpaired) electrons. The molecule has 0 amide bonds. The van der Waals surface area contributed by atoms with Crippen molar-refractivity contribution in [3.05, 3.63) is 83.5 Å². The van der Waals surface area contributed by atoms with E-state index in [0.29, 0.717) is 0 Å². The van der Waals surface area contributed by atoms with Crippen molar-refractivity contribution in [2.75, 3.05) is 0 Å². The molecule has 0 fully saturated rings. The van der Waals surface area contributed by atoms with Crippen LogP contribution >= 0.6 is 15.9 Å². The van der Waals surface area contributed by atoms with E-state index < -0.39 is 0 Å². The first-order chi connectivity index (χ1) is 13.2. The normalized spacial score (nSPS) is 12.0. The summed E-state index contributed by atoms with van der Waals surface area (Å²) < 4.78 is 3.14. The molecule has 27 heavy (non-hydrogen) atoms. The zero-order valence-electron chi connectivity index (χ0n) is 14.3. The number of halogens is 1. The Kier molecular flexibility index (Phi) is 2.92. The van der Waals surface area contributed by atoms with Crippen molar-refractivity contribution < 1.29 is 5.11 Å². The topological polar surface area (TPSA) is 24.6 Å². The summed E-state index contributed by atoms with van der Waals surface area (Å²) >= 11 is 3.44. The van der Waals surface area contributed by atoms with E-state index in [0.717, 1.165) is 21.0 Å². The zero-order chi connectivity index (χ0) is 18.1. The smallest absolute Gasteiger partial charge is 0.124 e. The fourth-order valence-electron chi connectivity index (χ4n) is 4.36. The number of rotatable bonds is 1. The molecule has 6 rings (SSSR count). The number of aromatic nitrogens is 1. The van der Waals surface area contributed by atoms with Gasteiger partial charge in [-0.1, -0.05) is 58.4 Å². The molecule has 0 bridgehead atoms. The highest BCUT2D eigenvalue weighted by molar-refractivity contribution is 9.10. The molecular formula is C24H14BrNO. The lowest BCUT2D eigenvalue weighted by atomic mass is 9.97. The Hall–Kier alpha value is -3.04. The highest BCUT2D eigenvalue weighted by Gasteiger charge is 2.20. The quantitative estimate of drug-likeness (QED) is 0.310. The highest BCUT2D eigenvalue weighted by Crippen LogP contribution is 2.44. The minimum atomic E-state index is 0.284. The van der Waals surface area contributed by atoms with Gasteiger partial charge in [-0.05, 0) is 41.1 Å². The number of phenols is 1. The first-order valence-corrected chi connectivity index (χ1v) is 9.67. The standard InChI is InChI=1S/C24H14BrNO/c25-15-9-10-17(22(27)12-15)20-13-26-21-8-4-3-7-18(21)23-16-6-2-1-5-14(16)11-19(20)24(23)26/h1-13,27H.